The Hall–Kier alpha value is -6.32. The summed E-state index contributed by atoms with van der Waals surface area (Å²) in [7, 11) is -4.87. The van der Waals surface area contributed by atoms with Crippen LogP contribution in [0.3, 0.4) is 0 Å². The molecule has 8 rings (SSSR count). The number of carboxylic acid groups (broad SMARTS) is 1. The molecule has 4 unspecified atom stereocenters. The minimum atomic E-state index is -3.55. The number of aromatic nitrogens is 6. The number of carboxylic acids is 1. The minimum Gasteiger partial charge on any atom is -0.478 e. The Balaban J connectivity index is 0.000000185. The van der Waals surface area contributed by atoms with Crippen molar-refractivity contribution < 1.29 is 31.5 Å². The first-order valence-corrected chi connectivity index (χ1v) is 26.1. The van der Waals surface area contributed by atoms with Crippen molar-refractivity contribution in [1.29, 1.82) is 0 Å². The summed E-state index contributed by atoms with van der Waals surface area (Å²) < 4.78 is 53.3. The highest BCUT2D eigenvalue weighted by atomic mass is 32.2. The zero-order valence-electron chi connectivity index (χ0n) is 40.4. The van der Waals surface area contributed by atoms with Crippen molar-refractivity contribution in [2.75, 3.05) is 42.1 Å². The normalized spacial score (nSPS) is 18.9. The number of H-pyrrole nitrogens is 2. The Morgan fingerprint density at radius 1 is 0.662 bits per heavy atom. The highest BCUT2D eigenvalue weighted by Crippen LogP contribution is 2.36. The van der Waals surface area contributed by atoms with Crippen LogP contribution < -0.4 is 20.6 Å². The second-order valence-corrected chi connectivity index (χ2v) is 22.0. The van der Waals surface area contributed by atoms with E-state index in [1.807, 2.05) is 32.9 Å². The second-order valence-electron chi connectivity index (χ2n) is 18.5. The molecule has 0 bridgehead atoms. The summed E-state index contributed by atoms with van der Waals surface area (Å²) in [5.41, 5.74) is 7.86. The number of nitrogens with one attached hydrogen (secondary N) is 4. The van der Waals surface area contributed by atoms with Gasteiger partial charge in [0, 0.05) is 41.2 Å². The number of benzene rings is 2. The molecular weight excluding hydrogens is 913 g/mol. The lowest BCUT2D eigenvalue weighted by molar-refractivity contribution is 0.0552. The molecule has 0 aliphatic carbocycles. The van der Waals surface area contributed by atoms with Crippen LogP contribution >= 0.6 is 0 Å². The monoisotopic (exact) mass is 974 g/mol. The van der Waals surface area contributed by atoms with Gasteiger partial charge >= 0.3 is 5.97 Å². The van der Waals surface area contributed by atoms with E-state index in [0.717, 1.165) is 71.7 Å². The van der Waals surface area contributed by atoms with Crippen LogP contribution in [0.2, 0.25) is 0 Å². The number of likely N-dealkylation sites (tertiary alicyclic amines) is 2. The van der Waals surface area contributed by atoms with Crippen molar-refractivity contribution in [1.82, 2.24) is 39.0 Å². The zero-order chi connectivity index (χ0) is 50.2. The minimum absolute atomic E-state index is 0.00487. The van der Waals surface area contributed by atoms with Gasteiger partial charge in [0.1, 0.15) is 0 Å². The third-order valence-corrected chi connectivity index (χ3v) is 13.8. The number of carbonyl (C=O) groups excluding carboxylic acids is 1. The molecule has 1 amide bonds. The van der Waals surface area contributed by atoms with Crippen LogP contribution in [0.4, 0.5) is 11.4 Å². The fraction of sp³-hybridized carbons (Fsp3) is 0.447. The van der Waals surface area contributed by atoms with Gasteiger partial charge in [0.2, 0.25) is 20.0 Å². The number of carbonyl (C=O) groups is 2. The van der Waals surface area contributed by atoms with Crippen molar-refractivity contribution in [3.8, 4) is 0 Å². The van der Waals surface area contributed by atoms with Crippen LogP contribution in [0.15, 0.2) is 58.1 Å². The number of aromatic amines is 2. The summed E-state index contributed by atoms with van der Waals surface area (Å²) in [5, 5.41) is 15.3. The number of piperidine rings is 2. The summed E-state index contributed by atoms with van der Waals surface area (Å²) in [6.45, 7) is 16.9. The van der Waals surface area contributed by atoms with E-state index < -0.39 is 26.0 Å². The van der Waals surface area contributed by atoms with E-state index in [9.17, 15) is 36.0 Å². The van der Waals surface area contributed by atoms with E-state index in [1.165, 1.54) is 23.1 Å². The van der Waals surface area contributed by atoms with Crippen LogP contribution in [0.25, 0.3) is 11.3 Å². The molecule has 0 radical (unpaired) electrons. The molecule has 4 aromatic heterocycles. The Labute approximate surface area is 396 Å². The predicted octanol–water partition coefficient (Wildman–Crippen LogP) is 6.04. The van der Waals surface area contributed by atoms with Crippen molar-refractivity contribution in [3.63, 3.8) is 0 Å². The number of amides is 1. The number of hydrogen-bond acceptors (Lipinski definition) is 11. The predicted molar refractivity (Wildman–Crippen MR) is 263 cm³/mol. The Kier molecular flexibility index (Phi) is 15.1. The number of aryl methyl sites for hydroxylation is 4. The lowest BCUT2D eigenvalue weighted by atomic mass is 9.90. The van der Waals surface area contributed by atoms with E-state index in [2.05, 4.69) is 55.4 Å². The number of sulfonamides is 2. The summed E-state index contributed by atoms with van der Waals surface area (Å²) in [6, 6.07) is 13.5. The van der Waals surface area contributed by atoms with Crippen LogP contribution in [-0.2, 0) is 20.0 Å². The quantitative estimate of drug-likeness (QED) is 0.117. The summed E-state index contributed by atoms with van der Waals surface area (Å²) >= 11 is 0. The molecule has 2 aliphatic rings. The zero-order valence-corrected chi connectivity index (χ0v) is 42.0. The number of rotatable bonds is 8. The molecule has 2 fully saturated rings. The topological polar surface area (TPSA) is 254 Å². The van der Waals surface area contributed by atoms with Crippen LogP contribution in [0.1, 0.15) is 117 Å². The third-order valence-electron chi connectivity index (χ3n) is 12.6. The molecule has 68 heavy (non-hydrogen) atoms. The molecule has 2 aromatic carbocycles. The van der Waals surface area contributed by atoms with Gasteiger partial charge in [0.25, 0.3) is 17.0 Å². The largest absolute Gasteiger partial charge is 0.478 e. The molecular formula is C47H62N10O9S2. The molecule has 4 atom stereocenters. The van der Waals surface area contributed by atoms with E-state index in [4.69, 9.17) is 5.11 Å². The molecule has 2 saturated heterocycles. The smallest absolute Gasteiger partial charge is 0.337 e. The van der Waals surface area contributed by atoms with E-state index >= 15 is 0 Å². The van der Waals surface area contributed by atoms with E-state index in [0.29, 0.717) is 53.0 Å². The summed E-state index contributed by atoms with van der Waals surface area (Å²) in [5.74, 6) is -0.321. The van der Waals surface area contributed by atoms with Crippen molar-refractivity contribution in [2.24, 2.45) is 11.8 Å². The fourth-order valence-corrected chi connectivity index (χ4v) is 9.68. The molecule has 366 valence electrons. The summed E-state index contributed by atoms with van der Waals surface area (Å²) in [6.07, 6.45) is 5.94. The van der Waals surface area contributed by atoms with Crippen molar-refractivity contribution in [2.45, 2.75) is 93.2 Å². The highest BCUT2D eigenvalue weighted by molar-refractivity contribution is 7.92. The second kappa shape index (κ2) is 20.1. The Morgan fingerprint density at radius 2 is 1.09 bits per heavy atom. The number of aromatic carboxylic acids is 1. The van der Waals surface area contributed by atoms with Gasteiger partial charge in [-0.15, -0.1) is 0 Å². The van der Waals surface area contributed by atoms with Gasteiger partial charge in [-0.25, -0.2) is 40.6 Å². The lowest BCUT2D eigenvalue weighted by Gasteiger charge is -2.38. The Morgan fingerprint density at radius 3 is 1.56 bits per heavy atom. The lowest BCUT2D eigenvalue weighted by Crippen LogP contribution is -2.41. The summed E-state index contributed by atoms with van der Waals surface area (Å²) in [4.78, 5) is 62.7. The SMILES string of the molecule is Cc1ccc(NS(C)(=O)=O)c(C(=O)N2CCC(C)CC2c2cc3nc(C)c(C)c(=O)n3[nH]2)c1.Cc1ccc(NS(C)(=O)=O)c(C(=O)O)c1.Cc1nc2cc(C3CC(C)CCN3C)[nH]n2c(=O)c1C. The van der Waals surface area contributed by atoms with Gasteiger partial charge < -0.3 is 10.0 Å². The first kappa shape index (κ1) is 51.1. The molecule has 6 heterocycles. The van der Waals surface area contributed by atoms with Crippen molar-refractivity contribution >= 4 is 54.6 Å². The Bertz CT molecular complexity index is 3250. The van der Waals surface area contributed by atoms with E-state index in [1.54, 1.807) is 54.5 Å². The fourth-order valence-electron chi connectivity index (χ4n) is 8.52. The average molecular weight is 975 g/mol. The molecule has 6 aromatic rings. The molecule has 0 saturated carbocycles. The molecule has 21 heteroatoms. The average Bonchev–Trinajstić information content (AvgIpc) is 3.88. The number of anilines is 2. The van der Waals surface area contributed by atoms with Gasteiger partial charge in [-0.05, 0) is 117 Å². The maximum absolute atomic E-state index is 13.7. The maximum Gasteiger partial charge on any atom is 0.337 e. The number of hydrogen-bond donors (Lipinski definition) is 5. The van der Waals surface area contributed by atoms with Gasteiger partial charge in [-0.3, -0.25) is 38.9 Å². The molecule has 0 spiro atoms. The van der Waals surface area contributed by atoms with Crippen molar-refractivity contribution in [3.05, 3.63) is 125 Å². The molecule has 2 aliphatic heterocycles. The third kappa shape index (κ3) is 11.9. The molecule has 19 nitrogen and oxygen atoms in total. The standard InChI is InChI=1S/C23H29N5O4S.C15H22N4O.C9H11NO4S/c1-13-6-7-18(26-33(5,31)32)17(10-13)23(30)27-9-8-14(2)11-20(27)19-12-21-24-16(4)15(3)22(29)28(21)25-19;1-9-5-6-18(4)13(7-9)12-8-14-16-11(3)10(2)15(20)19(14)17-12;1-6-3-4-8(10-15(2,13)14)7(5-6)9(11)12/h6-7,10,12,14,20,25-26H,8-9,11H2,1-5H3;8-9,13,17H,5-7H2,1-4H3;3-5,10H,1-2H3,(H,11,12). The van der Waals surface area contributed by atoms with Crippen LogP contribution in [-0.4, -0.2) is 105 Å². The van der Waals surface area contributed by atoms with Crippen LogP contribution in [0, 0.1) is 53.4 Å². The van der Waals surface area contributed by atoms with Gasteiger partial charge in [-0.2, -0.15) is 0 Å². The van der Waals surface area contributed by atoms with E-state index in [-0.39, 0.29) is 40.0 Å². The maximum atomic E-state index is 13.7. The number of nitrogens with zero attached hydrogens (tertiary/aromatic N) is 6. The van der Waals surface area contributed by atoms with Gasteiger partial charge in [0.15, 0.2) is 11.3 Å². The van der Waals surface area contributed by atoms with Gasteiger partial charge in [-0.1, -0.05) is 37.1 Å². The van der Waals surface area contributed by atoms with Crippen LogP contribution in [0.5, 0.6) is 0 Å². The highest BCUT2D eigenvalue weighted by Gasteiger charge is 2.34. The number of fused-ring (bicyclic) bond motifs is 2. The van der Waals surface area contributed by atoms with Gasteiger partial charge in [0.05, 0.1) is 58.5 Å². The first-order valence-electron chi connectivity index (χ1n) is 22.3. The molecule has 5 N–H and O–H groups in total. The first-order chi connectivity index (χ1) is 31.7.